The topological polar surface area (TPSA) is 45.6 Å². The van der Waals surface area contributed by atoms with Crippen LogP contribution in [-0.2, 0) is 6.54 Å². The molecule has 0 aliphatic rings. The Morgan fingerprint density at radius 3 is 2.77 bits per heavy atom. The molecule has 1 rings (SSSR count). The van der Waals surface area contributed by atoms with Gasteiger partial charge in [-0.25, -0.2) is 0 Å². The first-order chi connectivity index (χ1) is 10.7. The molecule has 1 aromatic carbocycles. The van der Waals surface area contributed by atoms with Gasteiger partial charge in [-0.15, -0.1) is 0 Å². The van der Waals surface area contributed by atoms with E-state index in [-0.39, 0.29) is 0 Å². The third-order valence-electron chi connectivity index (χ3n) is 3.26. The maximum atomic E-state index is 5.71. The fourth-order valence-corrected chi connectivity index (χ4v) is 2.57. The third-order valence-corrected chi connectivity index (χ3v) is 3.96. The number of unbranched alkanes of at least 4 members (excludes halogenated alkanes) is 1. The van der Waals surface area contributed by atoms with Crippen molar-refractivity contribution in [3.63, 3.8) is 0 Å². The number of guanidine groups is 1. The minimum absolute atomic E-state index is 0.679. The summed E-state index contributed by atoms with van der Waals surface area (Å²) in [4.78, 5) is 4.26. The standard InChI is InChI=1S/C17H29N3OS/c1-5-21-16-12-14(2)8-9-15(16)13-20-17(18-3)19-10-6-7-11-22-4/h8-9,12H,5-7,10-11,13H2,1-4H3,(H2,18,19,20). The van der Waals surface area contributed by atoms with Crippen LogP contribution in [0.15, 0.2) is 23.2 Å². The smallest absolute Gasteiger partial charge is 0.191 e. The van der Waals surface area contributed by atoms with Crippen molar-refractivity contribution < 1.29 is 4.74 Å². The first-order valence-corrected chi connectivity index (χ1v) is 9.26. The SMILES string of the molecule is CCOc1cc(C)ccc1CNC(=NC)NCCCCSC. The number of nitrogens with zero attached hydrogens (tertiary/aromatic N) is 1. The van der Waals surface area contributed by atoms with Gasteiger partial charge in [-0.1, -0.05) is 12.1 Å². The second kappa shape index (κ2) is 11.2. The first-order valence-electron chi connectivity index (χ1n) is 7.87. The summed E-state index contributed by atoms with van der Waals surface area (Å²) in [6.07, 6.45) is 4.54. The van der Waals surface area contributed by atoms with Gasteiger partial charge in [-0.05, 0) is 50.3 Å². The zero-order valence-corrected chi connectivity index (χ0v) is 15.1. The number of nitrogens with one attached hydrogen (secondary N) is 2. The van der Waals surface area contributed by atoms with Crippen molar-refractivity contribution in [1.29, 1.82) is 0 Å². The summed E-state index contributed by atoms with van der Waals surface area (Å²) in [6, 6.07) is 6.30. The molecule has 0 spiro atoms. The van der Waals surface area contributed by atoms with Gasteiger partial charge in [0.05, 0.1) is 6.61 Å². The maximum Gasteiger partial charge on any atom is 0.191 e. The Balaban J connectivity index is 2.46. The van der Waals surface area contributed by atoms with Gasteiger partial charge in [-0.3, -0.25) is 4.99 Å². The molecule has 0 bridgehead atoms. The average Bonchev–Trinajstić information content (AvgIpc) is 2.52. The summed E-state index contributed by atoms with van der Waals surface area (Å²) in [6.45, 7) is 6.43. The van der Waals surface area contributed by atoms with Crippen molar-refractivity contribution in [2.75, 3.05) is 32.2 Å². The van der Waals surface area contributed by atoms with Crippen molar-refractivity contribution >= 4 is 17.7 Å². The highest BCUT2D eigenvalue weighted by atomic mass is 32.2. The van der Waals surface area contributed by atoms with Gasteiger partial charge in [0.1, 0.15) is 5.75 Å². The number of ether oxygens (including phenoxy) is 1. The number of hydrogen-bond acceptors (Lipinski definition) is 3. The Morgan fingerprint density at radius 2 is 2.09 bits per heavy atom. The number of rotatable bonds is 9. The van der Waals surface area contributed by atoms with Crippen LogP contribution in [0.5, 0.6) is 5.75 Å². The number of benzene rings is 1. The van der Waals surface area contributed by atoms with Gasteiger partial charge < -0.3 is 15.4 Å². The minimum atomic E-state index is 0.679. The van der Waals surface area contributed by atoms with E-state index in [1.807, 2.05) is 18.7 Å². The van der Waals surface area contributed by atoms with Crippen LogP contribution in [0.1, 0.15) is 30.9 Å². The van der Waals surface area contributed by atoms with Crippen molar-refractivity contribution in [3.05, 3.63) is 29.3 Å². The summed E-state index contributed by atoms with van der Waals surface area (Å²) < 4.78 is 5.71. The predicted octanol–water partition coefficient (Wildman–Crippen LogP) is 3.20. The Bertz CT molecular complexity index is 463. The minimum Gasteiger partial charge on any atom is -0.494 e. The molecule has 0 atom stereocenters. The molecule has 5 heteroatoms. The van der Waals surface area contributed by atoms with Crippen molar-refractivity contribution in [1.82, 2.24) is 10.6 Å². The summed E-state index contributed by atoms with van der Waals surface area (Å²) in [7, 11) is 1.80. The van der Waals surface area contributed by atoms with Crippen LogP contribution >= 0.6 is 11.8 Å². The van der Waals surface area contributed by atoms with Crippen LogP contribution < -0.4 is 15.4 Å². The predicted molar refractivity (Wildman–Crippen MR) is 98.2 cm³/mol. The molecule has 0 aliphatic heterocycles. The second-order valence-corrected chi connectivity index (χ2v) is 6.08. The Labute approximate surface area is 139 Å². The second-order valence-electron chi connectivity index (χ2n) is 5.10. The van der Waals surface area contributed by atoms with Crippen LogP contribution in [0.25, 0.3) is 0 Å². The summed E-state index contributed by atoms with van der Waals surface area (Å²) in [5.41, 5.74) is 2.36. The quantitative estimate of drug-likeness (QED) is 0.416. The van der Waals surface area contributed by atoms with Crippen LogP contribution in [0, 0.1) is 6.92 Å². The lowest BCUT2D eigenvalue weighted by Crippen LogP contribution is -2.37. The van der Waals surface area contributed by atoms with E-state index in [1.54, 1.807) is 7.05 Å². The highest BCUT2D eigenvalue weighted by Crippen LogP contribution is 2.20. The van der Waals surface area contributed by atoms with E-state index in [0.29, 0.717) is 13.2 Å². The van der Waals surface area contributed by atoms with Gasteiger partial charge in [0.2, 0.25) is 0 Å². The summed E-state index contributed by atoms with van der Waals surface area (Å²) in [5, 5.41) is 6.70. The van der Waals surface area contributed by atoms with E-state index in [4.69, 9.17) is 4.74 Å². The fourth-order valence-electron chi connectivity index (χ4n) is 2.08. The van der Waals surface area contributed by atoms with Crippen LogP contribution in [0.4, 0.5) is 0 Å². The normalized spacial score (nSPS) is 11.4. The summed E-state index contributed by atoms with van der Waals surface area (Å²) in [5.74, 6) is 3.01. The number of aliphatic imine (C=N–C) groups is 1. The van der Waals surface area contributed by atoms with E-state index in [2.05, 4.69) is 47.0 Å². The van der Waals surface area contributed by atoms with Gasteiger partial charge in [0.25, 0.3) is 0 Å². The maximum absolute atomic E-state index is 5.71. The lowest BCUT2D eigenvalue weighted by Gasteiger charge is -2.15. The first kappa shape index (κ1) is 18.7. The summed E-state index contributed by atoms with van der Waals surface area (Å²) >= 11 is 1.89. The molecule has 0 aliphatic carbocycles. The van der Waals surface area contributed by atoms with E-state index in [9.17, 15) is 0 Å². The molecule has 0 heterocycles. The molecule has 1 aromatic rings. The van der Waals surface area contributed by atoms with Gasteiger partial charge in [0.15, 0.2) is 5.96 Å². The third kappa shape index (κ3) is 7.07. The molecule has 0 saturated carbocycles. The molecular weight excluding hydrogens is 294 g/mol. The largest absolute Gasteiger partial charge is 0.494 e. The number of hydrogen-bond donors (Lipinski definition) is 2. The van der Waals surface area contributed by atoms with E-state index >= 15 is 0 Å². The zero-order valence-electron chi connectivity index (χ0n) is 14.2. The molecule has 0 radical (unpaired) electrons. The van der Waals surface area contributed by atoms with Crippen LogP contribution in [0.2, 0.25) is 0 Å². The fraction of sp³-hybridized carbons (Fsp3) is 0.588. The molecule has 0 unspecified atom stereocenters. The number of thioether (sulfide) groups is 1. The van der Waals surface area contributed by atoms with Crippen LogP contribution in [-0.4, -0.2) is 38.2 Å². The zero-order chi connectivity index (χ0) is 16.2. The van der Waals surface area contributed by atoms with Crippen molar-refractivity contribution in [2.24, 2.45) is 4.99 Å². The van der Waals surface area contributed by atoms with Gasteiger partial charge in [0, 0.05) is 25.7 Å². The molecule has 2 N–H and O–H groups in total. The lowest BCUT2D eigenvalue weighted by molar-refractivity contribution is 0.336. The molecule has 0 amide bonds. The van der Waals surface area contributed by atoms with E-state index in [1.165, 1.54) is 17.7 Å². The van der Waals surface area contributed by atoms with Gasteiger partial charge in [-0.2, -0.15) is 11.8 Å². The molecule has 0 saturated heterocycles. The van der Waals surface area contributed by atoms with Gasteiger partial charge >= 0.3 is 0 Å². The van der Waals surface area contributed by atoms with E-state index < -0.39 is 0 Å². The average molecular weight is 324 g/mol. The Morgan fingerprint density at radius 1 is 1.27 bits per heavy atom. The van der Waals surface area contributed by atoms with Crippen molar-refractivity contribution in [2.45, 2.75) is 33.2 Å². The Hall–Kier alpha value is -1.36. The highest BCUT2D eigenvalue weighted by molar-refractivity contribution is 7.98. The molecular formula is C17H29N3OS. The highest BCUT2D eigenvalue weighted by Gasteiger charge is 2.05. The van der Waals surface area contributed by atoms with Crippen molar-refractivity contribution in [3.8, 4) is 5.75 Å². The van der Waals surface area contributed by atoms with E-state index in [0.717, 1.165) is 30.2 Å². The monoisotopic (exact) mass is 323 g/mol. The number of aryl methyl sites for hydroxylation is 1. The molecule has 4 nitrogen and oxygen atoms in total. The molecule has 124 valence electrons. The van der Waals surface area contributed by atoms with Crippen LogP contribution in [0.3, 0.4) is 0 Å². The Kier molecular flexibility index (Phi) is 9.55. The lowest BCUT2D eigenvalue weighted by atomic mass is 10.1. The molecule has 0 aromatic heterocycles. The molecule has 0 fully saturated rings. The molecule has 22 heavy (non-hydrogen) atoms.